The van der Waals surface area contributed by atoms with Crippen LogP contribution in [0.3, 0.4) is 0 Å². The Bertz CT molecular complexity index is 942. The van der Waals surface area contributed by atoms with E-state index in [9.17, 15) is 9.59 Å². The molecule has 0 saturated carbocycles. The van der Waals surface area contributed by atoms with Crippen LogP contribution in [0.15, 0.2) is 75.0 Å². The van der Waals surface area contributed by atoms with Gasteiger partial charge in [0.05, 0.1) is 16.8 Å². The predicted octanol–water partition coefficient (Wildman–Crippen LogP) is 3.37. The molecule has 0 fully saturated rings. The smallest absolute Gasteiger partial charge is 0.365 e. The lowest BCUT2D eigenvalue weighted by Gasteiger charge is -2.02. The molecule has 3 aromatic rings. The lowest BCUT2D eigenvalue weighted by molar-refractivity contribution is 0.0516. The summed E-state index contributed by atoms with van der Waals surface area (Å²) in [6.45, 7) is 1.58. The Labute approximate surface area is 131 Å². The molecule has 5 nitrogen and oxygen atoms in total. The Morgan fingerprint density at radius 1 is 1.04 bits per heavy atom. The third kappa shape index (κ3) is 3.18. The molecule has 114 valence electrons. The number of carbonyl (C=O) groups excluding carboxylic acids is 1. The van der Waals surface area contributed by atoms with Gasteiger partial charge in [-0.15, -0.1) is 0 Å². The van der Waals surface area contributed by atoms with Gasteiger partial charge in [0.25, 0.3) is 0 Å². The van der Waals surface area contributed by atoms with Gasteiger partial charge in [0.15, 0.2) is 0 Å². The fourth-order valence-electron chi connectivity index (χ4n) is 2.10. The van der Waals surface area contributed by atoms with Crippen molar-refractivity contribution in [1.29, 1.82) is 0 Å². The van der Waals surface area contributed by atoms with E-state index >= 15 is 0 Å². The van der Waals surface area contributed by atoms with Gasteiger partial charge in [0, 0.05) is 5.39 Å². The van der Waals surface area contributed by atoms with Gasteiger partial charge < -0.3 is 9.25 Å². The molecule has 0 saturated heterocycles. The first-order valence-corrected chi connectivity index (χ1v) is 6.99. The van der Waals surface area contributed by atoms with Gasteiger partial charge in [0.2, 0.25) is 0 Å². The number of hydrogen-bond donors (Lipinski definition) is 0. The predicted molar refractivity (Wildman–Crippen MR) is 86.6 cm³/mol. The molecule has 0 amide bonds. The number of carbonyl (C=O) groups is 1. The van der Waals surface area contributed by atoms with Crippen molar-refractivity contribution in [2.45, 2.75) is 6.92 Å². The maximum Gasteiger partial charge on any atom is 0.365 e. The molecule has 1 heterocycles. The maximum absolute atomic E-state index is 12.0. The number of nitrogens with zero attached hydrogens (tertiary/aromatic N) is 1. The van der Waals surface area contributed by atoms with Gasteiger partial charge in [-0.25, -0.2) is 9.59 Å². The van der Waals surface area contributed by atoms with Crippen LogP contribution in [0.25, 0.3) is 11.0 Å². The van der Waals surface area contributed by atoms with E-state index in [1.165, 1.54) is 0 Å². The fourth-order valence-corrected chi connectivity index (χ4v) is 2.10. The molecule has 5 heteroatoms. The Morgan fingerprint density at radius 2 is 1.74 bits per heavy atom. The van der Waals surface area contributed by atoms with Gasteiger partial charge in [-0.2, -0.15) is 0 Å². The van der Waals surface area contributed by atoms with Crippen molar-refractivity contribution < 1.29 is 14.0 Å². The number of benzene rings is 2. The molecule has 2 aromatic carbocycles. The molecule has 0 atom stereocenters. The molecule has 0 bridgehead atoms. The average Bonchev–Trinajstić information content (AvgIpc) is 2.59. The summed E-state index contributed by atoms with van der Waals surface area (Å²) in [6.07, 6.45) is 0. The largest absolute Gasteiger partial charge is 0.422 e. The highest BCUT2D eigenvalue weighted by atomic mass is 16.7. The minimum Gasteiger partial charge on any atom is -0.422 e. The molecule has 0 aliphatic rings. The number of para-hydroxylation sites is 1. The van der Waals surface area contributed by atoms with E-state index < -0.39 is 11.6 Å². The van der Waals surface area contributed by atoms with Crippen molar-refractivity contribution in [3.63, 3.8) is 0 Å². The molecule has 0 aliphatic carbocycles. The van der Waals surface area contributed by atoms with Crippen molar-refractivity contribution in [1.82, 2.24) is 0 Å². The molecule has 0 N–H and O–H groups in total. The summed E-state index contributed by atoms with van der Waals surface area (Å²) in [5.74, 6) is -0.588. The van der Waals surface area contributed by atoms with Gasteiger partial charge in [-0.05, 0) is 31.2 Å². The number of oxime groups is 1. The Balaban J connectivity index is 1.88. The molecular formula is C18H13NO4. The van der Waals surface area contributed by atoms with Crippen LogP contribution in [0.1, 0.15) is 22.8 Å². The van der Waals surface area contributed by atoms with Crippen molar-refractivity contribution in [3.05, 3.63) is 82.2 Å². The first kappa shape index (κ1) is 14.7. The third-order valence-corrected chi connectivity index (χ3v) is 3.31. The topological polar surface area (TPSA) is 68.9 Å². The van der Waals surface area contributed by atoms with Crippen LogP contribution in [0, 0.1) is 0 Å². The maximum atomic E-state index is 12.0. The number of rotatable bonds is 3. The zero-order valence-electron chi connectivity index (χ0n) is 12.4. The van der Waals surface area contributed by atoms with Crippen LogP contribution in [-0.2, 0) is 4.84 Å². The summed E-state index contributed by atoms with van der Waals surface area (Å²) in [7, 11) is 0. The lowest BCUT2D eigenvalue weighted by atomic mass is 10.1. The van der Waals surface area contributed by atoms with Crippen LogP contribution in [0.4, 0.5) is 0 Å². The minimum absolute atomic E-state index is 0.254. The molecule has 0 radical (unpaired) electrons. The minimum atomic E-state index is -0.588. The fraction of sp³-hybridized carbons (Fsp3) is 0.0556. The normalized spacial score (nSPS) is 11.4. The zero-order valence-corrected chi connectivity index (χ0v) is 12.4. The van der Waals surface area contributed by atoms with E-state index in [-0.39, 0.29) is 11.3 Å². The molecule has 0 spiro atoms. The van der Waals surface area contributed by atoms with Gasteiger partial charge in [-0.1, -0.05) is 41.6 Å². The van der Waals surface area contributed by atoms with Gasteiger partial charge in [0.1, 0.15) is 5.58 Å². The Kier molecular flexibility index (Phi) is 4.01. The lowest BCUT2D eigenvalue weighted by Crippen LogP contribution is -2.13. The highest BCUT2D eigenvalue weighted by molar-refractivity contribution is 6.00. The molecule has 0 aliphatic heterocycles. The van der Waals surface area contributed by atoms with E-state index in [4.69, 9.17) is 9.25 Å². The van der Waals surface area contributed by atoms with Crippen LogP contribution < -0.4 is 5.63 Å². The monoisotopic (exact) mass is 307 g/mol. The van der Waals surface area contributed by atoms with Gasteiger partial charge >= 0.3 is 11.6 Å². The first-order chi connectivity index (χ1) is 11.1. The second-order valence-corrected chi connectivity index (χ2v) is 4.91. The summed E-state index contributed by atoms with van der Waals surface area (Å²) in [4.78, 5) is 28.7. The summed E-state index contributed by atoms with van der Waals surface area (Å²) in [5.41, 5.74) is 0.879. The average molecular weight is 307 g/mol. The number of fused-ring (bicyclic) bond motifs is 1. The van der Waals surface area contributed by atoms with E-state index in [1.54, 1.807) is 55.5 Å². The van der Waals surface area contributed by atoms with Crippen molar-refractivity contribution in [3.8, 4) is 0 Å². The highest BCUT2D eigenvalue weighted by Crippen LogP contribution is 2.13. The van der Waals surface area contributed by atoms with Crippen molar-refractivity contribution in [2.75, 3.05) is 0 Å². The standard InChI is InChI=1S/C18H13NO4/c1-12(19-23-17(20)13-7-3-2-4-8-13)15-11-14-9-5-6-10-16(14)22-18(15)21/h2-11H,1H3/b19-12+. The van der Waals surface area contributed by atoms with E-state index in [2.05, 4.69) is 5.16 Å². The van der Waals surface area contributed by atoms with Crippen molar-refractivity contribution >= 4 is 22.7 Å². The molecule has 23 heavy (non-hydrogen) atoms. The molecule has 0 unspecified atom stereocenters. The Hall–Kier alpha value is -3.21. The summed E-state index contributed by atoms with van der Waals surface area (Å²) >= 11 is 0. The summed E-state index contributed by atoms with van der Waals surface area (Å²) in [5, 5.41) is 4.51. The van der Waals surface area contributed by atoms with Crippen LogP contribution in [-0.4, -0.2) is 11.7 Å². The number of hydrogen-bond acceptors (Lipinski definition) is 5. The van der Waals surface area contributed by atoms with Crippen LogP contribution in [0.2, 0.25) is 0 Å². The van der Waals surface area contributed by atoms with Crippen LogP contribution in [0.5, 0.6) is 0 Å². The van der Waals surface area contributed by atoms with Crippen molar-refractivity contribution in [2.24, 2.45) is 5.16 Å². The SMILES string of the molecule is C/C(=N\OC(=O)c1ccccc1)c1cc2ccccc2oc1=O. The molecular weight excluding hydrogens is 294 g/mol. The first-order valence-electron chi connectivity index (χ1n) is 6.99. The van der Waals surface area contributed by atoms with E-state index in [0.717, 1.165) is 5.39 Å². The second-order valence-electron chi connectivity index (χ2n) is 4.91. The summed E-state index contributed by atoms with van der Waals surface area (Å²) in [6, 6.07) is 17.3. The molecule has 3 rings (SSSR count). The van der Waals surface area contributed by atoms with E-state index in [0.29, 0.717) is 11.1 Å². The molecule has 1 aromatic heterocycles. The third-order valence-electron chi connectivity index (χ3n) is 3.31. The quantitative estimate of drug-likeness (QED) is 0.322. The van der Waals surface area contributed by atoms with Gasteiger partial charge in [-0.3, -0.25) is 0 Å². The Morgan fingerprint density at radius 3 is 2.52 bits per heavy atom. The van der Waals surface area contributed by atoms with Crippen LogP contribution >= 0.6 is 0 Å². The summed E-state index contributed by atoms with van der Waals surface area (Å²) < 4.78 is 5.23. The zero-order chi connectivity index (χ0) is 16.2. The van der Waals surface area contributed by atoms with E-state index in [1.807, 2.05) is 12.1 Å². The highest BCUT2D eigenvalue weighted by Gasteiger charge is 2.10. The second kappa shape index (κ2) is 6.27.